The Kier molecular flexibility index (Phi) is 6.24. The number of H-pyrrole nitrogens is 1. The molecule has 1 aliphatic heterocycles. The maximum Gasteiger partial charge on any atom is 0.253 e. The molecule has 3 aromatic carbocycles. The van der Waals surface area contributed by atoms with Crippen molar-refractivity contribution in [1.82, 2.24) is 9.88 Å². The molecule has 1 aliphatic rings. The van der Waals surface area contributed by atoms with E-state index in [2.05, 4.69) is 10.3 Å². The number of hydrogen-bond donors (Lipinski definition) is 2. The summed E-state index contributed by atoms with van der Waals surface area (Å²) in [7, 11) is 1.60. The first-order valence-electron chi connectivity index (χ1n) is 10.9. The summed E-state index contributed by atoms with van der Waals surface area (Å²) in [5, 5.41) is 4.45. The number of methoxy groups -OCH3 is 1. The van der Waals surface area contributed by atoms with E-state index in [1.165, 1.54) is 12.1 Å². The summed E-state index contributed by atoms with van der Waals surface area (Å²) in [4.78, 5) is 17.7. The standard InChI is InChI=1S/C26H22FN3O4S/c1-32-21-8-6-20(7-9-21)28-26(35)30(13-16-2-4-19(27)5-3-16)14-18-10-17-11-23-24(34-15-33-23)12-22(17)29-25(18)31/h2-12H,13-15H2,1H3,(H,28,35)(H,29,31). The third kappa shape index (κ3) is 5.04. The minimum atomic E-state index is -0.316. The lowest BCUT2D eigenvalue weighted by molar-refractivity contribution is 0.174. The molecular formula is C26H22FN3O4S. The fraction of sp³-hybridized carbons (Fsp3) is 0.154. The lowest BCUT2D eigenvalue weighted by Gasteiger charge is -2.26. The van der Waals surface area contributed by atoms with Crippen molar-refractivity contribution in [3.8, 4) is 17.2 Å². The lowest BCUT2D eigenvalue weighted by Crippen LogP contribution is -2.35. The van der Waals surface area contributed by atoms with Gasteiger partial charge in [0.2, 0.25) is 6.79 Å². The Hall–Kier alpha value is -4.11. The average molecular weight is 492 g/mol. The van der Waals surface area contributed by atoms with Gasteiger partial charge in [-0.25, -0.2) is 4.39 Å². The number of pyridine rings is 1. The van der Waals surface area contributed by atoms with E-state index in [9.17, 15) is 9.18 Å². The summed E-state index contributed by atoms with van der Waals surface area (Å²) in [5.41, 5.74) is 2.59. The zero-order valence-electron chi connectivity index (χ0n) is 18.8. The second kappa shape index (κ2) is 9.63. The number of fused-ring (bicyclic) bond motifs is 2. The Morgan fingerprint density at radius 3 is 2.49 bits per heavy atom. The Bertz CT molecular complexity index is 1440. The molecule has 2 N–H and O–H groups in total. The molecule has 0 spiro atoms. The van der Waals surface area contributed by atoms with Gasteiger partial charge in [-0.3, -0.25) is 4.79 Å². The van der Waals surface area contributed by atoms with Gasteiger partial charge in [-0.05, 0) is 66.3 Å². The van der Waals surface area contributed by atoms with Gasteiger partial charge in [-0.15, -0.1) is 0 Å². The number of anilines is 1. The van der Waals surface area contributed by atoms with Crippen LogP contribution in [0.5, 0.6) is 17.2 Å². The zero-order valence-corrected chi connectivity index (χ0v) is 19.7. The van der Waals surface area contributed by atoms with Crippen LogP contribution in [0.4, 0.5) is 10.1 Å². The normalized spacial score (nSPS) is 11.9. The van der Waals surface area contributed by atoms with Gasteiger partial charge in [0.1, 0.15) is 11.6 Å². The number of hydrogen-bond acceptors (Lipinski definition) is 5. The van der Waals surface area contributed by atoms with Crippen molar-refractivity contribution < 1.29 is 18.6 Å². The highest BCUT2D eigenvalue weighted by Gasteiger charge is 2.18. The Balaban J connectivity index is 1.44. The van der Waals surface area contributed by atoms with E-state index >= 15 is 0 Å². The summed E-state index contributed by atoms with van der Waals surface area (Å²) in [6.45, 7) is 0.763. The number of nitrogens with one attached hydrogen (secondary N) is 2. The molecule has 178 valence electrons. The molecule has 0 aliphatic carbocycles. The van der Waals surface area contributed by atoms with E-state index in [0.717, 1.165) is 22.4 Å². The second-order valence-corrected chi connectivity index (χ2v) is 8.44. The third-order valence-electron chi connectivity index (χ3n) is 5.69. The molecule has 0 fully saturated rings. The fourth-order valence-electron chi connectivity index (χ4n) is 3.85. The Labute approximate surface area is 206 Å². The topological polar surface area (TPSA) is 75.8 Å². The van der Waals surface area contributed by atoms with Gasteiger partial charge < -0.3 is 29.4 Å². The quantitative estimate of drug-likeness (QED) is 0.375. The molecular weight excluding hydrogens is 469 g/mol. The van der Waals surface area contributed by atoms with Crippen LogP contribution in [-0.4, -0.2) is 28.9 Å². The number of thiocarbonyl (C=S) groups is 1. The van der Waals surface area contributed by atoms with Crippen molar-refractivity contribution in [3.63, 3.8) is 0 Å². The number of aromatic amines is 1. The molecule has 0 unspecified atom stereocenters. The van der Waals surface area contributed by atoms with E-state index in [0.29, 0.717) is 34.2 Å². The highest BCUT2D eigenvalue weighted by Crippen LogP contribution is 2.35. The van der Waals surface area contributed by atoms with Gasteiger partial charge in [0.15, 0.2) is 16.6 Å². The minimum Gasteiger partial charge on any atom is -0.497 e. The van der Waals surface area contributed by atoms with E-state index in [1.54, 1.807) is 25.3 Å². The van der Waals surface area contributed by atoms with Gasteiger partial charge in [0.05, 0.1) is 19.2 Å². The lowest BCUT2D eigenvalue weighted by atomic mass is 10.1. The van der Waals surface area contributed by atoms with Crippen LogP contribution in [0.25, 0.3) is 10.9 Å². The van der Waals surface area contributed by atoms with Crippen LogP contribution in [0.2, 0.25) is 0 Å². The maximum atomic E-state index is 13.4. The molecule has 0 atom stereocenters. The minimum absolute atomic E-state index is 0.152. The highest BCUT2D eigenvalue weighted by molar-refractivity contribution is 7.80. The fourth-order valence-corrected chi connectivity index (χ4v) is 4.10. The maximum absolute atomic E-state index is 13.4. The first-order valence-corrected chi connectivity index (χ1v) is 11.3. The first kappa shape index (κ1) is 22.7. The average Bonchev–Trinajstić information content (AvgIpc) is 3.31. The first-order chi connectivity index (χ1) is 17.0. The monoisotopic (exact) mass is 491 g/mol. The van der Waals surface area contributed by atoms with Crippen LogP contribution in [0.15, 0.2) is 71.5 Å². The van der Waals surface area contributed by atoms with Crippen LogP contribution >= 0.6 is 12.2 Å². The number of ether oxygens (including phenoxy) is 3. The largest absolute Gasteiger partial charge is 0.497 e. The molecule has 4 aromatic rings. The van der Waals surface area contributed by atoms with Crippen molar-refractivity contribution in [1.29, 1.82) is 0 Å². The Morgan fingerprint density at radius 1 is 1.06 bits per heavy atom. The molecule has 0 saturated carbocycles. The van der Waals surface area contributed by atoms with E-state index in [-0.39, 0.29) is 24.7 Å². The van der Waals surface area contributed by atoms with Gasteiger partial charge in [0.25, 0.3) is 5.56 Å². The van der Waals surface area contributed by atoms with Crippen molar-refractivity contribution in [2.75, 3.05) is 19.2 Å². The summed E-state index contributed by atoms with van der Waals surface area (Å²) in [6.07, 6.45) is 0. The number of benzene rings is 3. The number of rotatable bonds is 6. The molecule has 0 saturated heterocycles. The van der Waals surface area contributed by atoms with Gasteiger partial charge in [-0.2, -0.15) is 0 Å². The molecule has 9 heteroatoms. The van der Waals surface area contributed by atoms with Gasteiger partial charge >= 0.3 is 0 Å². The van der Waals surface area contributed by atoms with Crippen LogP contribution in [0.1, 0.15) is 11.1 Å². The predicted octanol–water partition coefficient (Wildman–Crippen LogP) is 4.80. The van der Waals surface area contributed by atoms with E-state index in [1.807, 2.05) is 41.3 Å². The zero-order chi connectivity index (χ0) is 24.4. The second-order valence-electron chi connectivity index (χ2n) is 8.06. The SMILES string of the molecule is COc1ccc(NC(=S)N(Cc2ccc(F)cc2)Cc2cc3cc4c(cc3[nH]c2=O)OCO4)cc1. The van der Waals surface area contributed by atoms with Crippen LogP contribution < -0.4 is 25.1 Å². The van der Waals surface area contributed by atoms with Crippen molar-refractivity contribution in [2.24, 2.45) is 0 Å². The number of nitrogens with zero attached hydrogens (tertiary/aromatic N) is 1. The van der Waals surface area contributed by atoms with Gasteiger partial charge in [-0.1, -0.05) is 12.1 Å². The molecule has 0 radical (unpaired) electrons. The Morgan fingerprint density at radius 2 is 1.77 bits per heavy atom. The van der Waals surface area contributed by atoms with Crippen LogP contribution in [0, 0.1) is 5.82 Å². The van der Waals surface area contributed by atoms with E-state index < -0.39 is 0 Å². The molecule has 35 heavy (non-hydrogen) atoms. The highest BCUT2D eigenvalue weighted by atomic mass is 32.1. The summed E-state index contributed by atoms with van der Waals surface area (Å²) < 4.78 is 29.5. The van der Waals surface area contributed by atoms with Crippen molar-refractivity contribution in [3.05, 3.63) is 94.0 Å². The van der Waals surface area contributed by atoms with E-state index in [4.69, 9.17) is 26.4 Å². The third-order valence-corrected chi connectivity index (χ3v) is 6.05. The van der Waals surface area contributed by atoms with Crippen molar-refractivity contribution in [2.45, 2.75) is 13.1 Å². The molecule has 0 amide bonds. The molecule has 0 bridgehead atoms. The van der Waals surface area contributed by atoms with Crippen molar-refractivity contribution >= 4 is 33.9 Å². The van der Waals surface area contributed by atoms with Crippen LogP contribution in [-0.2, 0) is 13.1 Å². The summed E-state index contributed by atoms with van der Waals surface area (Å²) in [6, 6.07) is 19.0. The molecule has 5 rings (SSSR count). The summed E-state index contributed by atoms with van der Waals surface area (Å²) in [5.74, 6) is 1.65. The van der Waals surface area contributed by atoms with Crippen LogP contribution in [0.3, 0.4) is 0 Å². The molecule has 2 heterocycles. The molecule has 7 nitrogen and oxygen atoms in total. The number of halogens is 1. The predicted molar refractivity (Wildman–Crippen MR) is 136 cm³/mol. The smallest absolute Gasteiger partial charge is 0.253 e. The van der Waals surface area contributed by atoms with Gasteiger partial charge in [0, 0.05) is 29.2 Å². The number of aromatic nitrogens is 1. The molecule has 1 aromatic heterocycles. The summed E-state index contributed by atoms with van der Waals surface area (Å²) >= 11 is 5.71.